The minimum Gasteiger partial charge on any atom is -0.494 e. The molecule has 3 N–H and O–H groups in total. The highest BCUT2D eigenvalue weighted by molar-refractivity contribution is 5.97. The Hall–Kier alpha value is -1.62. The molecule has 0 spiro atoms. The van der Waals surface area contributed by atoms with Gasteiger partial charge >= 0.3 is 0 Å². The molecule has 18 heavy (non-hydrogen) atoms. The first-order chi connectivity index (χ1) is 8.60. The Morgan fingerprint density at radius 2 is 2.39 bits per heavy atom. The van der Waals surface area contributed by atoms with Gasteiger partial charge in [-0.25, -0.2) is 0 Å². The molecule has 1 aliphatic rings. The van der Waals surface area contributed by atoms with Crippen LogP contribution in [-0.2, 0) is 0 Å². The smallest absolute Gasteiger partial charge is 0.255 e. The van der Waals surface area contributed by atoms with Gasteiger partial charge in [0.05, 0.1) is 24.4 Å². The molecular formula is C13H19N3O2. The summed E-state index contributed by atoms with van der Waals surface area (Å²) < 4.78 is 5.14. The van der Waals surface area contributed by atoms with Crippen LogP contribution in [0.15, 0.2) is 18.5 Å². The van der Waals surface area contributed by atoms with E-state index in [1.54, 1.807) is 12.3 Å². The van der Waals surface area contributed by atoms with Gasteiger partial charge < -0.3 is 15.8 Å². The highest BCUT2D eigenvalue weighted by atomic mass is 16.5. The van der Waals surface area contributed by atoms with Crippen LogP contribution < -0.4 is 15.8 Å². The standard InChI is InChI=1S/C13H19N3O2/c1-13(8-14,9-3-4-9)16-12(17)10-5-6-15-7-11(10)18-2/h5-7,9H,3-4,8,14H2,1-2H3,(H,16,17). The average Bonchev–Trinajstić information content (AvgIpc) is 3.23. The van der Waals surface area contributed by atoms with Crippen molar-refractivity contribution in [3.63, 3.8) is 0 Å². The van der Waals surface area contributed by atoms with Crippen molar-refractivity contribution in [2.45, 2.75) is 25.3 Å². The van der Waals surface area contributed by atoms with Crippen molar-refractivity contribution in [1.29, 1.82) is 0 Å². The molecule has 2 rings (SSSR count). The van der Waals surface area contributed by atoms with Crippen LogP contribution in [0.5, 0.6) is 5.75 Å². The maximum atomic E-state index is 12.3. The number of methoxy groups -OCH3 is 1. The number of nitrogens with one attached hydrogen (secondary N) is 1. The van der Waals surface area contributed by atoms with Crippen molar-refractivity contribution in [2.24, 2.45) is 11.7 Å². The van der Waals surface area contributed by atoms with Gasteiger partial charge in [-0.1, -0.05) is 0 Å². The third kappa shape index (κ3) is 2.46. The van der Waals surface area contributed by atoms with E-state index in [-0.39, 0.29) is 11.4 Å². The van der Waals surface area contributed by atoms with E-state index in [0.717, 1.165) is 12.8 Å². The highest BCUT2D eigenvalue weighted by Gasteiger charge is 2.41. The Bertz CT molecular complexity index is 446. The minimum atomic E-state index is -0.328. The quantitative estimate of drug-likeness (QED) is 0.814. The summed E-state index contributed by atoms with van der Waals surface area (Å²) >= 11 is 0. The molecule has 1 saturated carbocycles. The van der Waals surface area contributed by atoms with Crippen molar-refractivity contribution in [3.8, 4) is 5.75 Å². The zero-order valence-corrected chi connectivity index (χ0v) is 10.8. The molecule has 1 unspecified atom stereocenters. The van der Waals surface area contributed by atoms with E-state index in [0.29, 0.717) is 23.8 Å². The molecule has 1 aromatic rings. The van der Waals surface area contributed by atoms with Gasteiger partial charge in [0.1, 0.15) is 5.75 Å². The van der Waals surface area contributed by atoms with Crippen LogP contribution in [0.1, 0.15) is 30.1 Å². The third-order valence-corrected chi connectivity index (χ3v) is 3.55. The Labute approximate surface area is 107 Å². The number of hydrogen-bond donors (Lipinski definition) is 2. The van der Waals surface area contributed by atoms with Crippen molar-refractivity contribution in [2.75, 3.05) is 13.7 Å². The molecule has 0 aromatic carbocycles. The van der Waals surface area contributed by atoms with Crippen LogP contribution in [0.25, 0.3) is 0 Å². The molecular weight excluding hydrogens is 230 g/mol. The van der Waals surface area contributed by atoms with Crippen LogP contribution in [-0.4, -0.2) is 30.1 Å². The lowest BCUT2D eigenvalue weighted by Gasteiger charge is -2.29. The van der Waals surface area contributed by atoms with E-state index in [9.17, 15) is 4.79 Å². The van der Waals surface area contributed by atoms with Gasteiger partial charge in [-0.2, -0.15) is 0 Å². The van der Waals surface area contributed by atoms with E-state index in [2.05, 4.69) is 10.3 Å². The number of ether oxygens (including phenoxy) is 1. The van der Waals surface area contributed by atoms with Crippen molar-refractivity contribution >= 4 is 5.91 Å². The number of rotatable bonds is 5. The van der Waals surface area contributed by atoms with Gasteiger partial charge in [0.25, 0.3) is 5.91 Å². The molecule has 1 fully saturated rings. The van der Waals surface area contributed by atoms with E-state index < -0.39 is 0 Å². The number of pyridine rings is 1. The molecule has 0 bridgehead atoms. The average molecular weight is 249 g/mol. The number of hydrogen-bond acceptors (Lipinski definition) is 4. The zero-order chi connectivity index (χ0) is 13.2. The lowest BCUT2D eigenvalue weighted by molar-refractivity contribution is 0.0894. The summed E-state index contributed by atoms with van der Waals surface area (Å²) in [6, 6.07) is 1.65. The number of nitrogens with zero attached hydrogens (tertiary/aromatic N) is 1. The van der Waals surface area contributed by atoms with Crippen molar-refractivity contribution in [1.82, 2.24) is 10.3 Å². The van der Waals surface area contributed by atoms with Gasteiger partial charge in [-0.3, -0.25) is 9.78 Å². The topological polar surface area (TPSA) is 77.2 Å². The molecule has 0 aliphatic heterocycles. The normalized spacial score (nSPS) is 17.9. The minimum absolute atomic E-state index is 0.158. The van der Waals surface area contributed by atoms with E-state index >= 15 is 0 Å². The summed E-state index contributed by atoms with van der Waals surface area (Å²) in [4.78, 5) is 16.2. The van der Waals surface area contributed by atoms with Crippen LogP contribution in [0.3, 0.4) is 0 Å². The van der Waals surface area contributed by atoms with E-state index in [1.807, 2.05) is 6.92 Å². The molecule has 5 heteroatoms. The predicted octanol–water partition coefficient (Wildman–Crippen LogP) is 0.947. The van der Waals surface area contributed by atoms with E-state index in [1.165, 1.54) is 13.3 Å². The molecule has 0 saturated heterocycles. The van der Waals surface area contributed by atoms with Crippen molar-refractivity contribution < 1.29 is 9.53 Å². The molecule has 1 aromatic heterocycles. The molecule has 1 atom stereocenters. The Kier molecular flexibility index (Phi) is 3.52. The molecule has 1 amide bonds. The largest absolute Gasteiger partial charge is 0.494 e. The third-order valence-electron chi connectivity index (χ3n) is 3.55. The molecule has 0 radical (unpaired) electrons. The first kappa shape index (κ1) is 12.8. The summed E-state index contributed by atoms with van der Waals surface area (Å²) in [5, 5.41) is 3.02. The Balaban J connectivity index is 2.16. The maximum absolute atomic E-state index is 12.3. The van der Waals surface area contributed by atoms with Gasteiger partial charge in [-0.15, -0.1) is 0 Å². The fraction of sp³-hybridized carbons (Fsp3) is 0.538. The molecule has 98 valence electrons. The van der Waals surface area contributed by atoms with Gasteiger partial charge in [0.2, 0.25) is 0 Å². The maximum Gasteiger partial charge on any atom is 0.255 e. The fourth-order valence-corrected chi connectivity index (χ4v) is 2.10. The second-order valence-corrected chi connectivity index (χ2v) is 4.93. The number of amides is 1. The molecule has 5 nitrogen and oxygen atoms in total. The molecule has 1 heterocycles. The van der Waals surface area contributed by atoms with Crippen LogP contribution in [0.2, 0.25) is 0 Å². The van der Waals surface area contributed by atoms with Crippen molar-refractivity contribution in [3.05, 3.63) is 24.0 Å². The van der Waals surface area contributed by atoms with Gasteiger partial charge in [-0.05, 0) is 31.7 Å². The van der Waals surface area contributed by atoms with Crippen LogP contribution >= 0.6 is 0 Å². The SMILES string of the molecule is COc1cnccc1C(=O)NC(C)(CN)C1CC1. The summed E-state index contributed by atoms with van der Waals surface area (Å²) in [5.74, 6) is 0.804. The Morgan fingerprint density at radius 1 is 1.67 bits per heavy atom. The zero-order valence-electron chi connectivity index (χ0n) is 10.8. The molecule has 1 aliphatic carbocycles. The Morgan fingerprint density at radius 3 is 2.94 bits per heavy atom. The number of aromatic nitrogens is 1. The second-order valence-electron chi connectivity index (χ2n) is 4.93. The number of carbonyl (C=O) groups excluding carboxylic acids is 1. The number of nitrogens with two attached hydrogens (primary N) is 1. The number of carbonyl (C=O) groups is 1. The van der Waals surface area contributed by atoms with Gasteiger partial charge in [0, 0.05) is 12.7 Å². The first-order valence-corrected chi connectivity index (χ1v) is 6.11. The predicted molar refractivity (Wildman–Crippen MR) is 68.4 cm³/mol. The monoisotopic (exact) mass is 249 g/mol. The summed E-state index contributed by atoms with van der Waals surface area (Å²) in [6.07, 6.45) is 5.36. The van der Waals surface area contributed by atoms with Gasteiger partial charge in [0.15, 0.2) is 0 Å². The van der Waals surface area contributed by atoms with Crippen LogP contribution in [0, 0.1) is 5.92 Å². The lowest BCUT2D eigenvalue weighted by Crippen LogP contribution is -2.53. The van der Waals surface area contributed by atoms with E-state index in [4.69, 9.17) is 10.5 Å². The summed E-state index contributed by atoms with van der Waals surface area (Å²) in [7, 11) is 1.52. The summed E-state index contributed by atoms with van der Waals surface area (Å²) in [6.45, 7) is 2.44. The lowest BCUT2D eigenvalue weighted by atomic mass is 9.95. The fourth-order valence-electron chi connectivity index (χ4n) is 2.10. The first-order valence-electron chi connectivity index (χ1n) is 6.11. The second kappa shape index (κ2) is 4.94. The highest BCUT2D eigenvalue weighted by Crippen LogP contribution is 2.39. The summed E-state index contributed by atoms with van der Waals surface area (Å²) in [5.41, 5.74) is 5.95. The van der Waals surface area contributed by atoms with Crippen LogP contribution in [0.4, 0.5) is 0 Å².